The SMILES string of the molecule is CCN1CCN(c2c(Cl)cccc2NC(=O)CSc2nc3ccccc3o2)CC1. The third-order valence-electron chi connectivity index (χ3n) is 5.00. The van der Waals surface area contributed by atoms with E-state index in [4.69, 9.17) is 16.0 Å². The lowest BCUT2D eigenvalue weighted by molar-refractivity contribution is -0.113. The van der Waals surface area contributed by atoms with Gasteiger partial charge in [-0.1, -0.05) is 48.5 Å². The van der Waals surface area contributed by atoms with Crippen molar-refractivity contribution in [1.29, 1.82) is 0 Å². The summed E-state index contributed by atoms with van der Waals surface area (Å²) >= 11 is 7.78. The summed E-state index contributed by atoms with van der Waals surface area (Å²) in [5, 5.41) is 4.15. The van der Waals surface area contributed by atoms with Crippen LogP contribution in [0.5, 0.6) is 0 Å². The van der Waals surface area contributed by atoms with Crippen LogP contribution in [-0.4, -0.2) is 54.3 Å². The van der Waals surface area contributed by atoms with E-state index in [2.05, 4.69) is 27.0 Å². The first-order chi connectivity index (χ1) is 14.1. The maximum absolute atomic E-state index is 12.6. The summed E-state index contributed by atoms with van der Waals surface area (Å²) in [4.78, 5) is 21.6. The fourth-order valence-electron chi connectivity index (χ4n) is 3.45. The molecule has 1 aromatic heterocycles. The maximum atomic E-state index is 12.6. The molecule has 0 saturated carbocycles. The van der Waals surface area contributed by atoms with Crippen LogP contribution < -0.4 is 10.2 Å². The molecule has 1 aliphatic rings. The van der Waals surface area contributed by atoms with Gasteiger partial charge in [0.25, 0.3) is 5.22 Å². The normalized spacial score (nSPS) is 15.0. The van der Waals surface area contributed by atoms with Gasteiger partial charge in [0.1, 0.15) is 5.52 Å². The van der Waals surface area contributed by atoms with E-state index < -0.39 is 0 Å². The van der Waals surface area contributed by atoms with Gasteiger partial charge in [-0.15, -0.1) is 0 Å². The molecule has 29 heavy (non-hydrogen) atoms. The summed E-state index contributed by atoms with van der Waals surface area (Å²) in [5.41, 5.74) is 3.15. The van der Waals surface area contributed by atoms with E-state index in [-0.39, 0.29) is 11.7 Å². The lowest BCUT2D eigenvalue weighted by atomic mass is 10.2. The van der Waals surface area contributed by atoms with E-state index in [1.165, 1.54) is 11.8 Å². The third kappa shape index (κ3) is 4.69. The Bertz CT molecular complexity index is 968. The number of aromatic nitrogens is 1. The number of fused-ring (bicyclic) bond motifs is 1. The van der Waals surface area contributed by atoms with Crippen LogP contribution in [0.1, 0.15) is 6.92 Å². The number of piperazine rings is 1. The molecule has 2 aromatic carbocycles. The number of hydrogen-bond donors (Lipinski definition) is 1. The largest absolute Gasteiger partial charge is 0.431 e. The molecule has 0 unspecified atom stereocenters. The molecule has 1 N–H and O–H groups in total. The van der Waals surface area contributed by atoms with E-state index in [9.17, 15) is 4.79 Å². The smallest absolute Gasteiger partial charge is 0.257 e. The van der Waals surface area contributed by atoms with E-state index in [1.807, 2.05) is 42.5 Å². The predicted octanol–water partition coefficient (Wildman–Crippen LogP) is 4.35. The van der Waals surface area contributed by atoms with Gasteiger partial charge in [-0.25, -0.2) is 4.98 Å². The number of anilines is 2. The number of rotatable bonds is 6. The minimum absolute atomic E-state index is 0.118. The van der Waals surface area contributed by atoms with Gasteiger partial charge < -0.3 is 19.5 Å². The highest BCUT2D eigenvalue weighted by molar-refractivity contribution is 7.99. The van der Waals surface area contributed by atoms with E-state index in [0.29, 0.717) is 10.2 Å². The second-order valence-corrected chi connectivity index (χ2v) is 8.18. The number of halogens is 1. The zero-order chi connectivity index (χ0) is 20.2. The standard InChI is InChI=1S/C21H23ClN4O2S/c1-2-25-10-12-26(13-11-25)20-15(22)6-5-8-17(20)23-19(27)14-29-21-24-16-7-3-4-9-18(16)28-21/h3-9H,2,10-14H2,1H3,(H,23,27). The summed E-state index contributed by atoms with van der Waals surface area (Å²) < 4.78 is 5.67. The van der Waals surface area contributed by atoms with Crippen LogP contribution in [0.25, 0.3) is 11.1 Å². The van der Waals surface area contributed by atoms with Crippen molar-refractivity contribution in [3.05, 3.63) is 47.5 Å². The van der Waals surface area contributed by atoms with Crippen molar-refractivity contribution in [3.8, 4) is 0 Å². The molecule has 0 atom stereocenters. The molecule has 0 radical (unpaired) electrons. The highest BCUT2D eigenvalue weighted by Crippen LogP contribution is 2.35. The number of thioether (sulfide) groups is 1. The summed E-state index contributed by atoms with van der Waals surface area (Å²) in [5.74, 6) is 0.0931. The number of hydrogen-bond acceptors (Lipinski definition) is 6. The van der Waals surface area contributed by atoms with Crippen LogP contribution in [0, 0.1) is 0 Å². The molecule has 2 heterocycles. The number of likely N-dealkylation sites (N-methyl/N-ethyl adjacent to an activating group) is 1. The van der Waals surface area contributed by atoms with Crippen molar-refractivity contribution in [1.82, 2.24) is 9.88 Å². The molecule has 1 fully saturated rings. The molecule has 0 spiro atoms. The Morgan fingerprint density at radius 3 is 2.72 bits per heavy atom. The molecule has 1 saturated heterocycles. The van der Waals surface area contributed by atoms with Crippen LogP contribution in [0.15, 0.2) is 52.1 Å². The molecule has 8 heteroatoms. The summed E-state index contributed by atoms with van der Waals surface area (Å²) in [7, 11) is 0. The summed E-state index contributed by atoms with van der Waals surface area (Å²) in [6.45, 7) is 6.97. The van der Waals surface area contributed by atoms with Crippen molar-refractivity contribution in [2.75, 3.05) is 48.7 Å². The van der Waals surface area contributed by atoms with Gasteiger partial charge in [0, 0.05) is 26.2 Å². The Morgan fingerprint density at radius 2 is 1.97 bits per heavy atom. The number of carbonyl (C=O) groups is 1. The van der Waals surface area contributed by atoms with Crippen molar-refractivity contribution >= 4 is 51.7 Å². The number of oxazole rings is 1. The average Bonchev–Trinajstić information content (AvgIpc) is 3.16. The first-order valence-electron chi connectivity index (χ1n) is 9.68. The van der Waals surface area contributed by atoms with Crippen LogP contribution in [0.2, 0.25) is 5.02 Å². The van der Waals surface area contributed by atoms with Crippen LogP contribution in [0.4, 0.5) is 11.4 Å². The number of amides is 1. The van der Waals surface area contributed by atoms with Gasteiger partial charge >= 0.3 is 0 Å². The monoisotopic (exact) mass is 430 g/mol. The maximum Gasteiger partial charge on any atom is 0.257 e. The minimum Gasteiger partial charge on any atom is -0.431 e. The van der Waals surface area contributed by atoms with E-state index in [1.54, 1.807) is 0 Å². The quantitative estimate of drug-likeness (QED) is 0.586. The van der Waals surface area contributed by atoms with Gasteiger partial charge in [0.2, 0.25) is 5.91 Å². The number of nitrogens with zero attached hydrogens (tertiary/aromatic N) is 3. The van der Waals surface area contributed by atoms with Crippen molar-refractivity contribution < 1.29 is 9.21 Å². The summed E-state index contributed by atoms with van der Waals surface area (Å²) in [6, 6.07) is 13.2. The zero-order valence-corrected chi connectivity index (χ0v) is 17.8. The molecule has 4 rings (SSSR count). The van der Waals surface area contributed by atoms with Crippen molar-refractivity contribution in [2.45, 2.75) is 12.1 Å². The molecular weight excluding hydrogens is 408 g/mol. The van der Waals surface area contributed by atoms with Gasteiger partial charge in [-0.05, 0) is 30.8 Å². The number of para-hydroxylation sites is 3. The molecule has 1 amide bonds. The lowest BCUT2D eigenvalue weighted by Crippen LogP contribution is -2.46. The van der Waals surface area contributed by atoms with E-state index >= 15 is 0 Å². The highest BCUT2D eigenvalue weighted by atomic mass is 35.5. The molecule has 0 aliphatic carbocycles. The number of benzene rings is 2. The first kappa shape index (κ1) is 20.1. The van der Waals surface area contributed by atoms with Gasteiger partial charge in [-0.2, -0.15) is 0 Å². The lowest BCUT2D eigenvalue weighted by Gasteiger charge is -2.36. The topological polar surface area (TPSA) is 61.6 Å². The van der Waals surface area contributed by atoms with Gasteiger partial charge in [-0.3, -0.25) is 4.79 Å². The summed E-state index contributed by atoms with van der Waals surface area (Å²) in [6.07, 6.45) is 0. The second kappa shape index (κ2) is 9.07. The van der Waals surface area contributed by atoms with E-state index in [0.717, 1.165) is 55.2 Å². The Morgan fingerprint density at radius 1 is 1.17 bits per heavy atom. The Hall–Kier alpha value is -2.22. The van der Waals surface area contributed by atoms with Crippen LogP contribution in [0.3, 0.4) is 0 Å². The van der Waals surface area contributed by atoms with Crippen LogP contribution >= 0.6 is 23.4 Å². The predicted molar refractivity (Wildman–Crippen MR) is 119 cm³/mol. The average molecular weight is 431 g/mol. The molecular formula is C21H23ClN4O2S. The van der Waals surface area contributed by atoms with Gasteiger partial charge in [0.15, 0.2) is 5.58 Å². The Kier molecular flexibility index (Phi) is 6.28. The fraction of sp³-hybridized carbons (Fsp3) is 0.333. The molecule has 152 valence electrons. The fourth-order valence-corrected chi connectivity index (χ4v) is 4.38. The first-order valence-corrected chi connectivity index (χ1v) is 11.0. The molecule has 1 aliphatic heterocycles. The van der Waals surface area contributed by atoms with Crippen molar-refractivity contribution in [2.24, 2.45) is 0 Å². The molecule has 0 bridgehead atoms. The van der Waals surface area contributed by atoms with Crippen molar-refractivity contribution in [3.63, 3.8) is 0 Å². The second-order valence-electron chi connectivity index (χ2n) is 6.84. The molecule has 6 nitrogen and oxygen atoms in total. The van der Waals surface area contributed by atoms with Gasteiger partial charge in [0.05, 0.1) is 22.2 Å². The third-order valence-corrected chi connectivity index (χ3v) is 6.13. The number of nitrogens with one attached hydrogen (secondary N) is 1. The zero-order valence-electron chi connectivity index (χ0n) is 16.2. The van der Waals surface area contributed by atoms with Crippen LogP contribution in [-0.2, 0) is 4.79 Å². The Balaban J connectivity index is 1.42. The number of carbonyl (C=O) groups excluding carboxylic acids is 1. The molecule has 3 aromatic rings. The Labute approximate surface area is 179 Å². The highest BCUT2D eigenvalue weighted by Gasteiger charge is 2.21. The minimum atomic E-state index is -0.118.